The van der Waals surface area contributed by atoms with Gasteiger partial charge in [-0.15, -0.1) is 0 Å². The number of hydrogen-bond donors (Lipinski definition) is 3. The van der Waals surface area contributed by atoms with Crippen LogP contribution in [0.2, 0.25) is 0 Å². The molecule has 0 saturated carbocycles. The number of amides is 3. The van der Waals surface area contributed by atoms with Crippen molar-refractivity contribution in [3.63, 3.8) is 0 Å². The molecule has 0 aromatic heterocycles. The first-order chi connectivity index (χ1) is 13.5. The van der Waals surface area contributed by atoms with Crippen molar-refractivity contribution in [2.45, 2.75) is 64.3 Å². The van der Waals surface area contributed by atoms with Gasteiger partial charge in [-0.1, -0.05) is 24.3 Å². The summed E-state index contributed by atoms with van der Waals surface area (Å²) in [4.78, 5) is 49.6. The molecule has 0 fully saturated rings. The largest absolute Gasteiger partial charge is 0.480 e. The van der Waals surface area contributed by atoms with Crippen LogP contribution < -0.4 is 11.1 Å². The number of rotatable bonds is 6. The van der Waals surface area contributed by atoms with Gasteiger partial charge >= 0.3 is 12.1 Å². The van der Waals surface area contributed by atoms with Gasteiger partial charge in [-0.05, 0) is 38.3 Å². The summed E-state index contributed by atoms with van der Waals surface area (Å²) in [6, 6.07) is 5.07. The Morgan fingerprint density at radius 3 is 2.41 bits per heavy atom. The van der Waals surface area contributed by atoms with Crippen LogP contribution in [-0.4, -0.2) is 51.6 Å². The molecule has 4 N–H and O–H groups in total. The summed E-state index contributed by atoms with van der Waals surface area (Å²) in [7, 11) is 0. The molecule has 0 spiro atoms. The second-order valence-electron chi connectivity index (χ2n) is 8.00. The molecule has 0 aliphatic carbocycles. The highest BCUT2D eigenvalue weighted by atomic mass is 16.6. The molecule has 9 nitrogen and oxygen atoms in total. The van der Waals surface area contributed by atoms with E-state index in [9.17, 15) is 24.3 Å². The van der Waals surface area contributed by atoms with E-state index in [0.717, 1.165) is 11.1 Å². The van der Waals surface area contributed by atoms with Crippen LogP contribution in [0.4, 0.5) is 4.79 Å². The minimum atomic E-state index is -1.14. The predicted molar refractivity (Wildman–Crippen MR) is 104 cm³/mol. The van der Waals surface area contributed by atoms with Crippen molar-refractivity contribution >= 4 is 23.9 Å². The van der Waals surface area contributed by atoms with E-state index in [4.69, 9.17) is 10.5 Å². The molecule has 1 aromatic rings. The molecular formula is C20H27N3O6. The van der Waals surface area contributed by atoms with Crippen LogP contribution in [0.3, 0.4) is 0 Å². The average molecular weight is 405 g/mol. The Labute approximate surface area is 169 Å². The maximum absolute atomic E-state index is 13.2. The van der Waals surface area contributed by atoms with Crippen molar-refractivity contribution in [2.75, 3.05) is 0 Å². The van der Waals surface area contributed by atoms with E-state index < -0.39 is 41.6 Å². The van der Waals surface area contributed by atoms with Crippen molar-refractivity contribution in [2.24, 2.45) is 5.73 Å². The zero-order chi connectivity index (χ0) is 21.8. The van der Waals surface area contributed by atoms with Crippen LogP contribution in [-0.2, 0) is 32.1 Å². The maximum atomic E-state index is 13.2. The van der Waals surface area contributed by atoms with Crippen LogP contribution in [0.15, 0.2) is 24.3 Å². The summed E-state index contributed by atoms with van der Waals surface area (Å²) < 4.78 is 5.19. The lowest BCUT2D eigenvalue weighted by molar-refractivity contribution is -0.152. The van der Waals surface area contributed by atoms with Crippen molar-refractivity contribution in [1.29, 1.82) is 0 Å². The number of carboxylic acids is 1. The van der Waals surface area contributed by atoms with Gasteiger partial charge < -0.3 is 25.8 Å². The maximum Gasteiger partial charge on any atom is 0.408 e. The van der Waals surface area contributed by atoms with E-state index in [1.165, 1.54) is 4.90 Å². The first-order valence-corrected chi connectivity index (χ1v) is 9.36. The molecule has 29 heavy (non-hydrogen) atoms. The van der Waals surface area contributed by atoms with Gasteiger partial charge in [-0.3, -0.25) is 9.59 Å². The van der Waals surface area contributed by atoms with E-state index in [0.29, 0.717) is 0 Å². The highest BCUT2D eigenvalue weighted by Gasteiger charge is 2.38. The number of alkyl carbamates (subject to hydrolysis) is 1. The lowest BCUT2D eigenvalue weighted by Gasteiger charge is -2.36. The molecule has 158 valence electrons. The highest BCUT2D eigenvalue weighted by Crippen LogP contribution is 2.25. The van der Waals surface area contributed by atoms with Crippen LogP contribution in [0.1, 0.15) is 44.7 Å². The second kappa shape index (κ2) is 8.93. The van der Waals surface area contributed by atoms with Gasteiger partial charge in [0, 0.05) is 19.4 Å². The van der Waals surface area contributed by atoms with Crippen LogP contribution in [0, 0.1) is 0 Å². The Kier molecular flexibility index (Phi) is 6.84. The molecule has 1 aromatic carbocycles. The molecule has 1 aliphatic heterocycles. The second-order valence-corrected chi connectivity index (χ2v) is 8.00. The lowest BCUT2D eigenvalue weighted by Crippen LogP contribution is -2.56. The molecule has 1 aliphatic rings. The summed E-state index contributed by atoms with van der Waals surface area (Å²) >= 11 is 0. The molecule has 3 amide bonds. The van der Waals surface area contributed by atoms with E-state index in [1.807, 2.05) is 24.3 Å². The summed E-state index contributed by atoms with van der Waals surface area (Å²) in [6.45, 7) is 5.12. The number of nitrogens with zero attached hydrogens (tertiary/aromatic N) is 1. The Morgan fingerprint density at radius 2 is 1.86 bits per heavy atom. The number of aliphatic carboxylic acids is 1. The fourth-order valence-electron chi connectivity index (χ4n) is 3.17. The van der Waals surface area contributed by atoms with Gasteiger partial charge in [0.2, 0.25) is 11.8 Å². The third kappa shape index (κ3) is 6.20. The Morgan fingerprint density at radius 1 is 1.24 bits per heavy atom. The van der Waals surface area contributed by atoms with Crippen molar-refractivity contribution < 1.29 is 29.0 Å². The molecule has 0 radical (unpaired) electrons. The molecule has 2 rings (SSSR count). The number of carbonyl (C=O) groups is 4. The van der Waals surface area contributed by atoms with Crippen molar-refractivity contribution in [1.82, 2.24) is 10.2 Å². The summed E-state index contributed by atoms with van der Waals surface area (Å²) in [5.41, 5.74) is 6.10. The van der Waals surface area contributed by atoms with Gasteiger partial charge in [0.25, 0.3) is 0 Å². The van der Waals surface area contributed by atoms with E-state index in [2.05, 4.69) is 5.32 Å². The number of fused-ring (bicyclic) bond motifs is 1. The molecule has 2 atom stereocenters. The number of hydrogen-bond acceptors (Lipinski definition) is 5. The molecule has 9 heteroatoms. The number of nitrogens with one attached hydrogen (secondary N) is 1. The fraction of sp³-hybridized carbons (Fsp3) is 0.500. The monoisotopic (exact) mass is 405 g/mol. The van der Waals surface area contributed by atoms with Gasteiger partial charge in [-0.2, -0.15) is 0 Å². The molecule has 0 unspecified atom stereocenters. The number of ether oxygens (including phenoxy) is 1. The number of nitrogens with two attached hydrogens (primary N) is 1. The first-order valence-electron chi connectivity index (χ1n) is 9.36. The van der Waals surface area contributed by atoms with Crippen molar-refractivity contribution in [3.8, 4) is 0 Å². The van der Waals surface area contributed by atoms with Crippen LogP contribution in [0.25, 0.3) is 0 Å². The normalized spacial score (nSPS) is 17.1. The summed E-state index contributed by atoms with van der Waals surface area (Å²) in [5, 5.41) is 12.1. The van der Waals surface area contributed by atoms with Gasteiger partial charge in [0.05, 0.1) is 0 Å². The predicted octanol–water partition coefficient (Wildman–Crippen LogP) is 1.18. The van der Waals surface area contributed by atoms with E-state index >= 15 is 0 Å². The zero-order valence-corrected chi connectivity index (χ0v) is 16.8. The lowest BCUT2D eigenvalue weighted by atomic mass is 9.93. The Bertz CT molecular complexity index is 802. The quantitative estimate of drug-likeness (QED) is 0.649. The number of carbonyl (C=O) groups excluding carboxylic acids is 3. The van der Waals surface area contributed by atoms with Gasteiger partial charge in [-0.25, -0.2) is 9.59 Å². The smallest absolute Gasteiger partial charge is 0.408 e. The standard InChI is InChI=1S/C20H27N3O6/c1-20(2,3)29-19(28)22-14(8-9-16(21)24)17(25)23-11-13-7-5-4-6-12(13)10-15(23)18(26)27/h4-7,14-15H,8-11H2,1-3H3,(H2,21,24)(H,22,28)(H,26,27)/t14-,15-/m0/s1. The molecule has 1 heterocycles. The van der Waals surface area contributed by atoms with E-state index in [1.54, 1.807) is 20.8 Å². The third-order valence-corrected chi connectivity index (χ3v) is 4.49. The van der Waals surface area contributed by atoms with Crippen LogP contribution in [0.5, 0.6) is 0 Å². The molecule has 0 bridgehead atoms. The molecule has 0 saturated heterocycles. The topological polar surface area (TPSA) is 139 Å². The van der Waals surface area contributed by atoms with Crippen LogP contribution >= 0.6 is 0 Å². The fourth-order valence-corrected chi connectivity index (χ4v) is 3.17. The van der Waals surface area contributed by atoms with Gasteiger partial charge in [0.1, 0.15) is 17.7 Å². The zero-order valence-electron chi connectivity index (χ0n) is 16.8. The van der Waals surface area contributed by atoms with Crippen molar-refractivity contribution in [3.05, 3.63) is 35.4 Å². The summed E-state index contributed by atoms with van der Waals surface area (Å²) in [6.07, 6.45) is -0.872. The number of carboxylic acid groups (broad SMARTS) is 1. The first kappa shape index (κ1) is 22.2. The third-order valence-electron chi connectivity index (χ3n) is 4.49. The number of primary amides is 1. The highest BCUT2D eigenvalue weighted by molar-refractivity contribution is 5.90. The summed E-state index contributed by atoms with van der Waals surface area (Å²) in [5.74, 6) is -2.37. The average Bonchev–Trinajstić information content (AvgIpc) is 2.61. The SMILES string of the molecule is CC(C)(C)OC(=O)N[C@@H](CCC(N)=O)C(=O)N1Cc2ccccc2C[C@H]1C(=O)O. The van der Waals surface area contributed by atoms with Gasteiger partial charge in [0.15, 0.2) is 0 Å². The number of benzene rings is 1. The Hall–Kier alpha value is -3.10. The Balaban J connectivity index is 2.26. The minimum absolute atomic E-state index is 0.0576. The minimum Gasteiger partial charge on any atom is -0.480 e. The molecular weight excluding hydrogens is 378 g/mol. The van der Waals surface area contributed by atoms with E-state index in [-0.39, 0.29) is 25.8 Å².